The van der Waals surface area contributed by atoms with Gasteiger partial charge in [-0.25, -0.2) is 18.0 Å². The molecule has 0 N–H and O–H groups in total. The van der Waals surface area contributed by atoms with Crippen molar-refractivity contribution < 1.29 is 22.7 Å². The molecule has 6 rings (SSSR count). The molecular weight excluding hydrogens is 581 g/mol. The zero-order chi connectivity index (χ0) is 30.5. The molecule has 2 aliphatic heterocycles. The number of halogens is 3. The minimum atomic E-state index is -1.23. The number of amides is 2. The summed E-state index contributed by atoms with van der Waals surface area (Å²) in [5.74, 6) is -3.21. The number of nitrogens with zero attached hydrogens (tertiary/aromatic N) is 2. The summed E-state index contributed by atoms with van der Waals surface area (Å²) in [5, 5.41) is 0.0516. The second kappa shape index (κ2) is 13.5. The van der Waals surface area contributed by atoms with Gasteiger partial charge in [-0.15, -0.1) is 11.8 Å². The first-order valence-electron chi connectivity index (χ1n) is 15.1. The van der Waals surface area contributed by atoms with Crippen LogP contribution >= 0.6 is 11.8 Å². The van der Waals surface area contributed by atoms with E-state index in [1.54, 1.807) is 0 Å². The Balaban J connectivity index is 1.31. The molecule has 8 heteroatoms. The summed E-state index contributed by atoms with van der Waals surface area (Å²) in [6, 6.07) is 32.5. The number of hydrogen-bond donors (Lipinski definition) is 0. The van der Waals surface area contributed by atoms with Crippen LogP contribution in [-0.2, 0) is 16.1 Å². The van der Waals surface area contributed by atoms with E-state index in [1.807, 2.05) is 39.8 Å². The van der Waals surface area contributed by atoms with Crippen LogP contribution in [0, 0.1) is 17.5 Å². The van der Waals surface area contributed by atoms with E-state index in [2.05, 4.69) is 72.8 Å². The average molecular weight is 617 g/mol. The van der Waals surface area contributed by atoms with E-state index in [-0.39, 0.29) is 36.1 Å². The SMILES string of the molecule is O=C(N1CCCC1)N1C[C@H](SC(c2ccccc2)(c2ccccc2)c2ccccc2)C[C@H]1COCc1cc(F)c(F)cc1F. The van der Waals surface area contributed by atoms with E-state index in [1.165, 1.54) is 0 Å². The monoisotopic (exact) mass is 616 g/mol. The first-order valence-corrected chi connectivity index (χ1v) is 15.9. The number of ether oxygens (including phenoxy) is 1. The first-order chi connectivity index (χ1) is 21.5. The molecule has 2 fully saturated rings. The van der Waals surface area contributed by atoms with Crippen molar-refractivity contribution in [1.29, 1.82) is 0 Å². The average Bonchev–Trinajstić information content (AvgIpc) is 3.74. The van der Waals surface area contributed by atoms with E-state index in [4.69, 9.17) is 4.74 Å². The van der Waals surface area contributed by atoms with Gasteiger partial charge in [0.2, 0.25) is 0 Å². The Bertz CT molecular complexity index is 1460. The summed E-state index contributed by atoms with van der Waals surface area (Å²) in [5.41, 5.74) is 3.39. The van der Waals surface area contributed by atoms with Crippen molar-refractivity contribution in [2.75, 3.05) is 26.2 Å². The van der Waals surface area contributed by atoms with Gasteiger partial charge in [0.1, 0.15) is 5.82 Å². The van der Waals surface area contributed by atoms with Crippen molar-refractivity contribution in [3.05, 3.63) is 143 Å². The first kappa shape index (κ1) is 30.3. The van der Waals surface area contributed by atoms with Crippen LogP contribution in [0.3, 0.4) is 0 Å². The topological polar surface area (TPSA) is 32.8 Å². The highest BCUT2D eigenvalue weighted by atomic mass is 32.2. The minimum Gasteiger partial charge on any atom is -0.375 e. The Morgan fingerprint density at radius 3 is 1.84 bits per heavy atom. The number of likely N-dealkylation sites (tertiary alicyclic amines) is 2. The van der Waals surface area contributed by atoms with Gasteiger partial charge in [0, 0.05) is 36.5 Å². The van der Waals surface area contributed by atoms with E-state index in [0.717, 1.165) is 48.7 Å². The largest absolute Gasteiger partial charge is 0.375 e. The highest BCUT2D eigenvalue weighted by molar-refractivity contribution is 8.01. The normalized spacial score (nSPS) is 18.6. The van der Waals surface area contributed by atoms with E-state index in [9.17, 15) is 18.0 Å². The summed E-state index contributed by atoms with van der Waals surface area (Å²) in [6.07, 6.45) is 2.62. The molecule has 2 amide bonds. The summed E-state index contributed by atoms with van der Waals surface area (Å²) in [7, 11) is 0. The molecule has 2 saturated heterocycles. The molecule has 44 heavy (non-hydrogen) atoms. The molecule has 0 radical (unpaired) electrons. The maximum Gasteiger partial charge on any atom is 0.320 e. The van der Waals surface area contributed by atoms with Crippen molar-refractivity contribution in [2.45, 2.75) is 41.9 Å². The number of thioether (sulfide) groups is 1. The maximum absolute atomic E-state index is 14.3. The molecule has 0 saturated carbocycles. The lowest BCUT2D eigenvalue weighted by atomic mass is 9.84. The van der Waals surface area contributed by atoms with E-state index < -0.39 is 22.2 Å². The molecule has 228 valence electrons. The third-order valence-electron chi connectivity index (χ3n) is 8.54. The van der Waals surface area contributed by atoms with Gasteiger partial charge in [0.15, 0.2) is 11.6 Å². The fourth-order valence-electron chi connectivity index (χ4n) is 6.39. The van der Waals surface area contributed by atoms with Crippen LogP contribution in [0.25, 0.3) is 0 Å². The summed E-state index contributed by atoms with van der Waals surface area (Å²) in [4.78, 5) is 17.6. The number of carbonyl (C=O) groups excluding carboxylic acids is 1. The standard InChI is InChI=1S/C36H35F3N2O2S/c37-32-22-34(39)33(38)20-26(32)24-43-25-30-21-31(23-41(30)35(42)40-18-10-11-19-40)44-36(27-12-4-1-5-13-27,28-14-6-2-7-15-28)29-16-8-3-9-17-29/h1-9,12-17,20,22,30-31H,10-11,18-19,21,23-25H2/t30-,31+/m0/s1. The summed E-state index contributed by atoms with van der Waals surface area (Å²) >= 11 is 1.84. The molecule has 2 heterocycles. The number of rotatable bonds is 9. The van der Waals surface area contributed by atoms with Gasteiger partial charge in [-0.05, 0) is 42.0 Å². The van der Waals surface area contributed by atoms with Crippen molar-refractivity contribution in [3.63, 3.8) is 0 Å². The van der Waals surface area contributed by atoms with Crippen molar-refractivity contribution in [1.82, 2.24) is 9.80 Å². The predicted octanol–water partition coefficient (Wildman–Crippen LogP) is 8.00. The Kier molecular flexibility index (Phi) is 9.28. The molecule has 4 aromatic carbocycles. The van der Waals surface area contributed by atoms with Crippen LogP contribution in [0.1, 0.15) is 41.5 Å². The second-order valence-electron chi connectivity index (χ2n) is 11.4. The molecule has 0 unspecified atom stereocenters. The predicted molar refractivity (Wildman–Crippen MR) is 168 cm³/mol. The Hall–Kier alpha value is -3.75. The summed E-state index contributed by atoms with van der Waals surface area (Å²) < 4.78 is 46.9. The van der Waals surface area contributed by atoms with Crippen LogP contribution in [0.4, 0.5) is 18.0 Å². The number of hydrogen-bond acceptors (Lipinski definition) is 3. The molecule has 2 atom stereocenters. The molecule has 4 aromatic rings. The van der Waals surface area contributed by atoms with Gasteiger partial charge in [-0.3, -0.25) is 0 Å². The van der Waals surface area contributed by atoms with Gasteiger partial charge >= 0.3 is 6.03 Å². The van der Waals surface area contributed by atoms with Crippen LogP contribution < -0.4 is 0 Å². The molecule has 0 aromatic heterocycles. The van der Waals surface area contributed by atoms with Crippen molar-refractivity contribution in [2.24, 2.45) is 0 Å². The quantitative estimate of drug-likeness (QED) is 0.141. The molecule has 0 aliphatic carbocycles. The van der Waals surface area contributed by atoms with E-state index in [0.29, 0.717) is 19.0 Å². The molecule has 0 spiro atoms. The molecule has 0 bridgehead atoms. The second-order valence-corrected chi connectivity index (χ2v) is 12.9. The van der Waals surface area contributed by atoms with E-state index >= 15 is 0 Å². The molecular formula is C36H35F3N2O2S. The van der Waals surface area contributed by atoms with Gasteiger partial charge in [0.05, 0.1) is 24.0 Å². The highest BCUT2D eigenvalue weighted by Crippen LogP contribution is 2.52. The third kappa shape index (κ3) is 6.24. The molecule has 4 nitrogen and oxygen atoms in total. The van der Waals surface area contributed by atoms with Gasteiger partial charge in [0.25, 0.3) is 0 Å². The van der Waals surface area contributed by atoms with Gasteiger partial charge < -0.3 is 14.5 Å². The number of urea groups is 1. The van der Waals surface area contributed by atoms with Crippen LogP contribution in [-0.4, -0.2) is 53.4 Å². The Labute approximate surface area is 260 Å². The fourth-order valence-corrected chi connectivity index (χ4v) is 8.26. The maximum atomic E-state index is 14.3. The lowest BCUT2D eigenvalue weighted by Crippen LogP contribution is -2.46. The lowest BCUT2D eigenvalue weighted by molar-refractivity contribution is 0.0677. The molecule has 2 aliphatic rings. The zero-order valence-electron chi connectivity index (χ0n) is 24.4. The van der Waals surface area contributed by atoms with Crippen molar-refractivity contribution in [3.8, 4) is 0 Å². The third-order valence-corrected chi connectivity index (χ3v) is 10.3. The van der Waals surface area contributed by atoms with Crippen LogP contribution in [0.15, 0.2) is 103 Å². The van der Waals surface area contributed by atoms with Crippen molar-refractivity contribution >= 4 is 17.8 Å². The zero-order valence-corrected chi connectivity index (χ0v) is 25.2. The van der Waals surface area contributed by atoms with Gasteiger partial charge in [-0.2, -0.15) is 0 Å². The Morgan fingerprint density at radius 2 is 1.30 bits per heavy atom. The number of benzene rings is 4. The van der Waals surface area contributed by atoms with Crippen LogP contribution in [0.2, 0.25) is 0 Å². The fraction of sp³-hybridized carbons (Fsp3) is 0.306. The van der Waals surface area contributed by atoms with Gasteiger partial charge in [-0.1, -0.05) is 91.0 Å². The summed E-state index contributed by atoms with van der Waals surface area (Å²) in [6.45, 7) is 1.92. The minimum absolute atomic E-state index is 0.0112. The Morgan fingerprint density at radius 1 is 0.773 bits per heavy atom. The highest BCUT2D eigenvalue weighted by Gasteiger charge is 2.45. The van der Waals surface area contributed by atoms with Crippen LogP contribution in [0.5, 0.6) is 0 Å². The smallest absolute Gasteiger partial charge is 0.320 e. The number of carbonyl (C=O) groups is 1. The lowest BCUT2D eigenvalue weighted by Gasteiger charge is -2.37.